The highest BCUT2D eigenvalue weighted by atomic mass is 79.9. The Bertz CT molecular complexity index is 406. The predicted octanol–water partition coefficient (Wildman–Crippen LogP) is 3.75. The summed E-state index contributed by atoms with van der Waals surface area (Å²) >= 11 is 9.24. The normalized spacial score (nSPS) is 9.94. The minimum atomic E-state index is -0.0307. The van der Waals surface area contributed by atoms with E-state index in [1.54, 1.807) is 29.2 Å². The van der Waals surface area contributed by atoms with Crippen LogP contribution in [0.3, 0.4) is 0 Å². The molecule has 16 heavy (non-hydrogen) atoms. The minimum Gasteiger partial charge on any atom is -0.335 e. The van der Waals surface area contributed by atoms with Crippen molar-refractivity contribution in [3.05, 3.63) is 45.9 Å². The molecule has 0 spiro atoms. The molecule has 86 valence electrons. The van der Waals surface area contributed by atoms with Gasteiger partial charge in [-0.05, 0) is 41.1 Å². The van der Waals surface area contributed by atoms with Crippen LogP contribution in [0.2, 0.25) is 5.02 Å². The van der Waals surface area contributed by atoms with Gasteiger partial charge in [-0.25, -0.2) is 0 Å². The molecule has 0 radical (unpaired) electrons. The van der Waals surface area contributed by atoms with E-state index in [0.29, 0.717) is 23.7 Å². The Morgan fingerprint density at radius 2 is 2.31 bits per heavy atom. The number of hydrogen-bond acceptors (Lipinski definition) is 1. The molecule has 0 aliphatic carbocycles. The van der Waals surface area contributed by atoms with Crippen molar-refractivity contribution in [1.29, 1.82) is 0 Å². The average Bonchev–Trinajstić information content (AvgIpc) is 2.28. The average molecular weight is 303 g/mol. The molecule has 1 aromatic rings. The zero-order valence-corrected chi connectivity index (χ0v) is 11.4. The summed E-state index contributed by atoms with van der Waals surface area (Å²) in [6, 6.07) is 5.20. The molecule has 0 fully saturated rings. The molecular weight excluding hydrogens is 289 g/mol. The fourth-order valence-electron chi connectivity index (χ4n) is 1.32. The molecule has 0 N–H and O–H groups in total. The molecule has 1 aromatic carbocycles. The molecule has 0 unspecified atom stereocenters. The highest BCUT2D eigenvalue weighted by molar-refractivity contribution is 9.10. The van der Waals surface area contributed by atoms with Gasteiger partial charge in [0.2, 0.25) is 0 Å². The second-order valence-corrected chi connectivity index (χ2v) is 4.52. The Hall–Kier alpha value is -0.800. The van der Waals surface area contributed by atoms with Crippen LogP contribution in [0.15, 0.2) is 35.3 Å². The van der Waals surface area contributed by atoms with E-state index >= 15 is 0 Å². The summed E-state index contributed by atoms with van der Waals surface area (Å²) in [5, 5.41) is 0.542. The third-order valence-electron chi connectivity index (χ3n) is 2.18. The van der Waals surface area contributed by atoms with Gasteiger partial charge in [0.05, 0.1) is 5.02 Å². The number of likely N-dealkylation sites (N-methyl/N-ethyl adjacent to an activating group) is 1. The first-order chi connectivity index (χ1) is 7.60. The number of hydrogen-bond donors (Lipinski definition) is 0. The highest BCUT2D eigenvalue weighted by Gasteiger charge is 2.13. The lowest BCUT2D eigenvalue weighted by Gasteiger charge is -2.19. The van der Waals surface area contributed by atoms with E-state index in [1.807, 2.05) is 6.92 Å². The molecule has 4 heteroatoms. The molecule has 1 amide bonds. The number of carbonyl (C=O) groups is 1. The Labute approximate surface area is 109 Å². The third-order valence-corrected chi connectivity index (χ3v) is 3.42. The van der Waals surface area contributed by atoms with Crippen molar-refractivity contribution in [2.45, 2.75) is 6.92 Å². The number of rotatable bonds is 4. The molecule has 0 atom stereocenters. The number of carbonyl (C=O) groups excluding carboxylic acids is 1. The molecule has 2 nitrogen and oxygen atoms in total. The van der Waals surface area contributed by atoms with Crippen molar-refractivity contribution >= 4 is 33.4 Å². The van der Waals surface area contributed by atoms with Gasteiger partial charge in [-0.1, -0.05) is 17.7 Å². The zero-order valence-electron chi connectivity index (χ0n) is 9.04. The molecule has 0 aliphatic heterocycles. The van der Waals surface area contributed by atoms with E-state index in [2.05, 4.69) is 22.5 Å². The molecule has 0 saturated carbocycles. The maximum absolute atomic E-state index is 12.0. The van der Waals surface area contributed by atoms with Crippen LogP contribution in [0.4, 0.5) is 0 Å². The Morgan fingerprint density at radius 3 is 2.81 bits per heavy atom. The molecular formula is C12H13BrClNO. The lowest BCUT2D eigenvalue weighted by Crippen LogP contribution is -2.30. The molecule has 1 rings (SSSR count). The summed E-state index contributed by atoms with van der Waals surface area (Å²) in [7, 11) is 0. The number of benzene rings is 1. The quantitative estimate of drug-likeness (QED) is 0.776. The summed E-state index contributed by atoms with van der Waals surface area (Å²) in [6.07, 6.45) is 1.71. The number of amides is 1. The molecule has 0 aliphatic rings. The van der Waals surface area contributed by atoms with Gasteiger partial charge in [-0.3, -0.25) is 4.79 Å². The van der Waals surface area contributed by atoms with Crippen LogP contribution >= 0.6 is 27.5 Å². The van der Waals surface area contributed by atoms with Crippen LogP contribution < -0.4 is 0 Å². The predicted molar refractivity (Wildman–Crippen MR) is 70.9 cm³/mol. The van der Waals surface area contributed by atoms with Crippen LogP contribution in [-0.2, 0) is 0 Å². The SMILES string of the molecule is C=CCN(CC)C(=O)c1ccc(Br)c(Cl)c1. The van der Waals surface area contributed by atoms with Crippen molar-refractivity contribution in [2.24, 2.45) is 0 Å². The zero-order chi connectivity index (χ0) is 12.1. The summed E-state index contributed by atoms with van der Waals surface area (Å²) < 4.78 is 0.789. The van der Waals surface area contributed by atoms with E-state index in [4.69, 9.17) is 11.6 Å². The van der Waals surface area contributed by atoms with Gasteiger partial charge in [-0.2, -0.15) is 0 Å². The van der Waals surface area contributed by atoms with Gasteiger partial charge in [0.1, 0.15) is 0 Å². The van der Waals surface area contributed by atoms with E-state index in [9.17, 15) is 4.79 Å². The van der Waals surface area contributed by atoms with Gasteiger partial charge in [0.15, 0.2) is 0 Å². The summed E-state index contributed by atoms with van der Waals surface area (Å²) in [4.78, 5) is 13.7. The summed E-state index contributed by atoms with van der Waals surface area (Å²) in [5.74, 6) is -0.0307. The summed E-state index contributed by atoms with van der Waals surface area (Å²) in [6.45, 7) is 6.76. The molecule has 0 bridgehead atoms. The Kier molecular flexibility index (Phi) is 5.03. The third kappa shape index (κ3) is 3.09. The van der Waals surface area contributed by atoms with E-state index < -0.39 is 0 Å². The van der Waals surface area contributed by atoms with Crippen LogP contribution in [-0.4, -0.2) is 23.9 Å². The van der Waals surface area contributed by atoms with Gasteiger partial charge in [0.25, 0.3) is 5.91 Å². The largest absolute Gasteiger partial charge is 0.335 e. The van der Waals surface area contributed by atoms with E-state index in [1.165, 1.54) is 0 Å². The minimum absolute atomic E-state index is 0.0307. The van der Waals surface area contributed by atoms with Gasteiger partial charge >= 0.3 is 0 Å². The maximum atomic E-state index is 12.0. The van der Waals surface area contributed by atoms with Gasteiger partial charge < -0.3 is 4.90 Å². The van der Waals surface area contributed by atoms with Crippen molar-refractivity contribution in [1.82, 2.24) is 4.90 Å². The fourth-order valence-corrected chi connectivity index (χ4v) is 1.75. The fraction of sp³-hybridized carbons (Fsp3) is 0.250. The second kappa shape index (κ2) is 6.06. The van der Waals surface area contributed by atoms with Crippen molar-refractivity contribution in [3.63, 3.8) is 0 Å². The monoisotopic (exact) mass is 301 g/mol. The lowest BCUT2D eigenvalue weighted by molar-refractivity contribution is 0.0782. The van der Waals surface area contributed by atoms with Crippen LogP contribution in [0.25, 0.3) is 0 Å². The maximum Gasteiger partial charge on any atom is 0.254 e. The van der Waals surface area contributed by atoms with Gasteiger partial charge in [-0.15, -0.1) is 6.58 Å². The summed E-state index contributed by atoms with van der Waals surface area (Å²) in [5.41, 5.74) is 0.594. The first kappa shape index (κ1) is 13.3. The molecule has 0 heterocycles. The van der Waals surface area contributed by atoms with Crippen LogP contribution in [0, 0.1) is 0 Å². The second-order valence-electron chi connectivity index (χ2n) is 3.26. The van der Waals surface area contributed by atoms with Crippen LogP contribution in [0.5, 0.6) is 0 Å². The highest BCUT2D eigenvalue weighted by Crippen LogP contribution is 2.23. The van der Waals surface area contributed by atoms with E-state index in [0.717, 1.165) is 4.47 Å². The number of nitrogens with zero attached hydrogens (tertiary/aromatic N) is 1. The Morgan fingerprint density at radius 1 is 1.62 bits per heavy atom. The first-order valence-electron chi connectivity index (χ1n) is 4.95. The van der Waals surface area contributed by atoms with Gasteiger partial charge in [0, 0.05) is 23.1 Å². The molecule has 0 saturated heterocycles. The topological polar surface area (TPSA) is 20.3 Å². The van der Waals surface area contributed by atoms with Crippen molar-refractivity contribution < 1.29 is 4.79 Å². The van der Waals surface area contributed by atoms with Crippen LogP contribution in [0.1, 0.15) is 17.3 Å². The number of halogens is 2. The first-order valence-corrected chi connectivity index (χ1v) is 6.12. The Balaban J connectivity index is 2.94. The van der Waals surface area contributed by atoms with E-state index in [-0.39, 0.29) is 5.91 Å². The van der Waals surface area contributed by atoms with Crippen molar-refractivity contribution in [3.8, 4) is 0 Å². The molecule has 0 aromatic heterocycles. The van der Waals surface area contributed by atoms with Crippen molar-refractivity contribution in [2.75, 3.05) is 13.1 Å². The lowest BCUT2D eigenvalue weighted by atomic mass is 10.2. The smallest absolute Gasteiger partial charge is 0.254 e. The standard InChI is InChI=1S/C12H13BrClNO/c1-3-7-15(4-2)12(16)9-5-6-10(13)11(14)8-9/h3,5-6,8H,1,4,7H2,2H3.